The summed E-state index contributed by atoms with van der Waals surface area (Å²) in [7, 11) is 0. The van der Waals surface area contributed by atoms with Crippen LogP contribution in [0.4, 0.5) is 5.82 Å². The molecule has 1 aromatic heterocycles. The molecule has 2 fully saturated rings. The van der Waals surface area contributed by atoms with Crippen LogP contribution in [0.25, 0.3) is 0 Å². The monoisotopic (exact) mass is 273 g/mol. The highest BCUT2D eigenvalue weighted by Crippen LogP contribution is 2.36. The molecule has 0 aromatic carbocycles. The van der Waals surface area contributed by atoms with Crippen LogP contribution < -0.4 is 10.2 Å². The molecule has 0 saturated heterocycles. The topological polar surface area (TPSA) is 28.2 Å². The molecule has 0 radical (unpaired) electrons. The summed E-state index contributed by atoms with van der Waals surface area (Å²) < 4.78 is 0. The third-order valence-corrected chi connectivity index (χ3v) is 4.22. The van der Waals surface area contributed by atoms with Crippen molar-refractivity contribution in [2.75, 3.05) is 18.0 Å². The summed E-state index contributed by atoms with van der Waals surface area (Å²) in [6.45, 7) is 7.74. The van der Waals surface area contributed by atoms with Crippen LogP contribution in [-0.2, 0) is 6.54 Å². The zero-order valence-corrected chi connectivity index (χ0v) is 12.8. The molecule has 0 unspecified atom stereocenters. The fraction of sp³-hybridized carbons (Fsp3) is 0.706. The molecular weight excluding hydrogens is 246 g/mol. The lowest BCUT2D eigenvalue weighted by Gasteiger charge is -2.26. The summed E-state index contributed by atoms with van der Waals surface area (Å²) in [4.78, 5) is 7.27. The lowest BCUT2D eigenvalue weighted by atomic mass is 10.2. The smallest absolute Gasteiger partial charge is 0.133 e. The van der Waals surface area contributed by atoms with E-state index >= 15 is 0 Å². The number of hydrogen-bond donors (Lipinski definition) is 1. The number of nitrogens with one attached hydrogen (secondary N) is 1. The second-order valence-corrected chi connectivity index (χ2v) is 6.81. The van der Waals surface area contributed by atoms with Gasteiger partial charge in [0.15, 0.2) is 0 Å². The summed E-state index contributed by atoms with van der Waals surface area (Å²) in [5.74, 6) is 3.06. The van der Waals surface area contributed by atoms with Crippen LogP contribution in [-0.4, -0.2) is 24.1 Å². The second-order valence-electron chi connectivity index (χ2n) is 6.81. The van der Waals surface area contributed by atoms with E-state index < -0.39 is 0 Å². The van der Waals surface area contributed by atoms with Crippen LogP contribution in [0.1, 0.15) is 45.1 Å². The Morgan fingerprint density at radius 3 is 2.40 bits per heavy atom. The molecule has 0 atom stereocenters. The van der Waals surface area contributed by atoms with Crippen molar-refractivity contribution in [1.29, 1.82) is 0 Å². The summed E-state index contributed by atoms with van der Waals surface area (Å²) in [5.41, 5.74) is 1.35. The first-order valence-corrected chi connectivity index (χ1v) is 8.14. The van der Waals surface area contributed by atoms with Gasteiger partial charge in [-0.3, -0.25) is 0 Å². The number of pyridine rings is 1. The minimum Gasteiger partial charge on any atom is -0.356 e. The molecule has 1 heterocycles. The lowest BCUT2D eigenvalue weighted by molar-refractivity contribution is 0.584. The fourth-order valence-corrected chi connectivity index (χ4v) is 2.64. The predicted molar refractivity (Wildman–Crippen MR) is 83.9 cm³/mol. The van der Waals surface area contributed by atoms with E-state index in [-0.39, 0.29) is 0 Å². The maximum atomic E-state index is 4.70. The van der Waals surface area contributed by atoms with E-state index in [2.05, 4.69) is 36.2 Å². The van der Waals surface area contributed by atoms with Gasteiger partial charge in [0, 0.05) is 37.4 Å². The largest absolute Gasteiger partial charge is 0.356 e. The highest BCUT2D eigenvalue weighted by molar-refractivity contribution is 5.47. The molecule has 20 heavy (non-hydrogen) atoms. The molecule has 2 aliphatic rings. The summed E-state index contributed by atoms with van der Waals surface area (Å²) in [5, 5.41) is 3.53. The number of rotatable bonds is 8. The molecule has 110 valence electrons. The van der Waals surface area contributed by atoms with Crippen LogP contribution >= 0.6 is 0 Å². The number of anilines is 1. The van der Waals surface area contributed by atoms with Crippen molar-refractivity contribution in [1.82, 2.24) is 10.3 Å². The van der Waals surface area contributed by atoms with Crippen molar-refractivity contribution in [3.05, 3.63) is 23.9 Å². The average molecular weight is 273 g/mol. The molecule has 0 spiro atoms. The molecule has 1 aromatic rings. The summed E-state index contributed by atoms with van der Waals surface area (Å²) in [6.07, 6.45) is 7.59. The van der Waals surface area contributed by atoms with Gasteiger partial charge in [0.25, 0.3) is 0 Å². The number of nitrogens with zero attached hydrogens (tertiary/aromatic N) is 2. The molecule has 3 nitrogen and oxygen atoms in total. The zero-order chi connectivity index (χ0) is 13.9. The Hall–Kier alpha value is -1.09. The summed E-state index contributed by atoms with van der Waals surface area (Å²) in [6, 6.07) is 4.81. The first-order chi connectivity index (χ1) is 9.72. The van der Waals surface area contributed by atoms with Crippen molar-refractivity contribution in [3.63, 3.8) is 0 Å². The molecule has 3 heteroatoms. The van der Waals surface area contributed by atoms with Crippen LogP contribution in [0.5, 0.6) is 0 Å². The molecule has 3 rings (SSSR count). The van der Waals surface area contributed by atoms with Crippen molar-refractivity contribution < 1.29 is 0 Å². The SMILES string of the molecule is CC(C)NCc1cccnc1N(CC1CC1)CC1CC1. The minimum atomic E-state index is 0.517. The maximum absolute atomic E-state index is 4.70. The highest BCUT2D eigenvalue weighted by Gasteiger charge is 2.30. The van der Waals surface area contributed by atoms with E-state index in [0.717, 1.165) is 18.4 Å². The number of hydrogen-bond acceptors (Lipinski definition) is 3. The highest BCUT2D eigenvalue weighted by atomic mass is 15.2. The molecule has 1 N–H and O–H groups in total. The first-order valence-electron chi connectivity index (χ1n) is 8.14. The summed E-state index contributed by atoms with van der Waals surface area (Å²) >= 11 is 0. The Morgan fingerprint density at radius 2 is 1.85 bits per heavy atom. The van der Waals surface area contributed by atoms with E-state index in [1.807, 2.05) is 6.20 Å². The van der Waals surface area contributed by atoms with Gasteiger partial charge in [0.1, 0.15) is 5.82 Å². The van der Waals surface area contributed by atoms with Gasteiger partial charge in [0.2, 0.25) is 0 Å². The van der Waals surface area contributed by atoms with E-state index in [4.69, 9.17) is 4.98 Å². The van der Waals surface area contributed by atoms with E-state index in [9.17, 15) is 0 Å². The van der Waals surface area contributed by atoms with Gasteiger partial charge in [-0.15, -0.1) is 0 Å². The van der Waals surface area contributed by atoms with Gasteiger partial charge >= 0.3 is 0 Å². The molecule has 0 amide bonds. The van der Waals surface area contributed by atoms with Gasteiger partial charge in [0.05, 0.1) is 0 Å². The van der Waals surface area contributed by atoms with Crippen LogP contribution in [0.15, 0.2) is 18.3 Å². The van der Waals surface area contributed by atoms with Crippen LogP contribution in [0, 0.1) is 11.8 Å². The van der Waals surface area contributed by atoms with Crippen molar-refractivity contribution in [3.8, 4) is 0 Å². The Kier molecular flexibility index (Phi) is 4.25. The van der Waals surface area contributed by atoms with Gasteiger partial charge in [-0.1, -0.05) is 19.9 Å². The first kappa shape index (κ1) is 13.9. The Balaban J connectivity index is 1.73. The normalized spacial score (nSPS) is 18.6. The Morgan fingerprint density at radius 1 is 1.20 bits per heavy atom. The standard InChI is InChI=1S/C17H27N3/c1-13(2)19-10-16-4-3-9-18-17(16)20(11-14-5-6-14)12-15-7-8-15/h3-4,9,13-15,19H,5-8,10-12H2,1-2H3. The number of aromatic nitrogens is 1. The van der Waals surface area contributed by atoms with E-state index in [1.165, 1.54) is 50.2 Å². The molecule has 0 bridgehead atoms. The average Bonchev–Trinajstić information content (AvgIpc) is 3.31. The van der Waals surface area contributed by atoms with Crippen molar-refractivity contribution in [2.45, 2.75) is 52.1 Å². The van der Waals surface area contributed by atoms with Crippen LogP contribution in [0.3, 0.4) is 0 Å². The maximum Gasteiger partial charge on any atom is 0.133 e. The molecule has 0 aliphatic heterocycles. The quantitative estimate of drug-likeness (QED) is 0.788. The molecular formula is C17H27N3. The van der Waals surface area contributed by atoms with Crippen molar-refractivity contribution in [2.24, 2.45) is 11.8 Å². The van der Waals surface area contributed by atoms with E-state index in [0.29, 0.717) is 6.04 Å². The third-order valence-electron chi connectivity index (χ3n) is 4.22. The second kappa shape index (κ2) is 6.13. The molecule has 2 aliphatic carbocycles. The van der Waals surface area contributed by atoms with E-state index in [1.54, 1.807) is 0 Å². The third kappa shape index (κ3) is 3.95. The molecule has 2 saturated carbocycles. The Bertz CT molecular complexity index is 422. The van der Waals surface area contributed by atoms with Gasteiger partial charge in [-0.2, -0.15) is 0 Å². The lowest BCUT2D eigenvalue weighted by Crippen LogP contribution is -2.31. The van der Waals surface area contributed by atoms with Crippen LogP contribution in [0.2, 0.25) is 0 Å². The van der Waals surface area contributed by atoms with Gasteiger partial charge < -0.3 is 10.2 Å². The van der Waals surface area contributed by atoms with Crippen molar-refractivity contribution >= 4 is 5.82 Å². The fourth-order valence-electron chi connectivity index (χ4n) is 2.64. The minimum absolute atomic E-state index is 0.517. The Labute approximate surface area is 122 Å². The predicted octanol–water partition coefficient (Wildman–Crippen LogP) is 3.21. The van der Waals surface area contributed by atoms with Gasteiger partial charge in [-0.05, 0) is 43.6 Å². The zero-order valence-electron chi connectivity index (χ0n) is 12.8. The van der Waals surface area contributed by atoms with Gasteiger partial charge in [-0.25, -0.2) is 4.98 Å².